The van der Waals surface area contributed by atoms with Gasteiger partial charge in [0.15, 0.2) is 21.3 Å². The van der Waals surface area contributed by atoms with Crippen LogP contribution in [0.5, 0.6) is 0 Å². The van der Waals surface area contributed by atoms with Crippen molar-refractivity contribution in [3.05, 3.63) is 68.4 Å². The van der Waals surface area contributed by atoms with Crippen molar-refractivity contribution in [2.75, 3.05) is 18.1 Å². The van der Waals surface area contributed by atoms with Crippen LogP contribution in [0.2, 0.25) is 0 Å². The van der Waals surface area contributed by atoms with E-state index < -0.39 is 63.2 Å². The number of pyridine rings is 1. The maximum absolute atomic E-state index is 14.3. The maximum atomic E-state index is 14.3. The van der Waals surface area contributed by atoms with E-state index in [0.29, 0.717) is 18.2 Å². The van der Waals surface area contributed by atoms with Crippen LogP contribution < -0.4 is 0 Å². The topological polar surface area (TPSA) is 71.8 Å². The molecule has 0 bridgehead atoms. The number of rotatable bonds is 8. The first-order valence-corrected chi connectivity index (χ1v) is 13.4. The fourth-order valence-corrected chi connectivity index (χ4v) is 5.27. The SMILES string of the molecule is CCS(=O)(=O)CCN(C(=O)Cc1ccc(F)c(C(F)(F)F)c1)[C@H](C)c1nc2c(F)cc(F)cn2c1I. The molecular weight excluding hydrogens is 627 g/mol. The highest BCUT2D eigenvalue weighted by molar-refractivity contribution is 14.1. The lowest BCUT2D eigenvalue weighted by Crippen LogP contribution is -2.39. The van der Waals surface area contributed by atoms with E-state index in [9.17, 15) is 39.6 Å². The van der Waals surface area contributed by atoms with Gasteiger partial charge in [-0.15, -0.1) is 0 Å². The van der Waals surface area contributed by atoms with E-state index in [2.05, 4.69) is 4.98 Å². The summed E-state index contributed by atoms with van der Waals surface area (Å²) in [6, 6.07) is 1.83. The molecule has 0 saturated heterocycles. The predicted molar refractivity (Wildman–Crippen MR) is 127 cm³/mol. The second-order valence-electron chi connectivity index (χ2n) is 7.98. The van der Waals surface area contributed by atoms with Crippen LogP contribution in [-0.4, -0.2) is 46.7 Å². The molecule has 14 heteroatoms. The molecule has 0 fully saturated rings. The molecule has 1 atom stereocenters. The van der Waals surface area contributed by atoms with E-state index in [1.165, 1.54) is 13.8 Å². The third-order valence-corrected chi connectivity index (χ3v) is 8.32. The lowest BCUT2D eigenvalue weighted by molar-refractivity contribution is -0.140. The van der Waals surface area contributed by atoms with Gasteiger partial charge in [0.2, 0.25) is 5.91 Å². The molecule has 1 amide bonds. The van der Waals surface area contributed by atoms with Crippen molar-refractivity contribution in [3.8, 4) is 0 Å². The third kappa shape index (κ3) is 6.12. The number of fused-ring (bicyclic) bond motifs is 1. The number of aromatic nitrogens is 2. The van der Waals surface area contributed by atoms with Gasteiger partial charge in [0.25, 0.3) is 0 Å². The van der Waals surface area contributed by atoms with Crippen LogP contribution >= 0.6 is 22.6 Å². The monoisotopic (exact) mass is 647 g/mol. The quantitative estimate of drug-likeness (QED) is 0.257. The normalized spacial score (nSPS) is 13.2. The van der Waals surface area contributed by atoms with Gasteiger partial charge >= 0.3 is 6.18 Å². The van der Waals surface area contributed by atoms with E-state index in [0.717, 1.165) is 21.6 Å². The van der Waals surface area contributed by atoms with Crippen molar-refractivity contribution in [2.45, 2.75) is 32.5 Å². The van der Waals surface area contributed by atoms with Crippen LogP contribution in [0.4, 0.5) is 26.3 Å². The second-order valence-corrected chi connectivity index (χ2v) is 11.5. The first-order chi connectivity index (χ1) is 16.6. The Kier molecular flexibility index (Phi) is 8.27. The van der Waals surface area contributed by atoms with Crippen LogP contribution in [0.3, 0.4) is 0 Å². The van der Waals surface area contributed by atoms with Crippen LogP contribution in [0.15, 0.2) is 30.5 Å². The second kappa shape index (κ2) is 10.6. The Balaban J connectivity index is 2.00. The zero-order valence-electron chi connectivity index (χ0n) is 18.9. The lowest BCUT2D eigenvalue weighted by Gasteiger charge is -2.29. The molecule has 2 heterocycles. The molecule has 36 heavy (non-hydrogen) atoms. The molecule has 6 nitrogen and oxygen atoms in total. The van der Waals surface area contributed by atoms with E-state index >= 15 is 0 Å². The van der Waals surface area contributed by atoms with E-state index in [-0.39, 0.29) is 32.9 Å². The summed E-state index contributed by atoms with van der Waals surface area (Å²) in [5, 5.41) is 0. The number of sulfone groups is 1. The highest BCUT2D eigenvalue weighted by atomic mass is 127. The van der Waals surface area contributed by atoms with Gasteiger partial charge in [0.05, 0.1) is 29.5 Å². The summed E-state index contributed by atoms with van der Waals surface area (Å²) in [6.07, 6.45) is -4.57. The molecule has 0 radical (unpaired) electrons. The van der Waals surface area contributed by atoms with Gasteiger partial charge in [-0.05, 0) is 47.2 Å². The first-order valence-electron chi connectivity index (χ1n) is 10.5. The van der Waals surface area contributed by atoms with E-state index in [4.69, 9.17) is 0 Å². The molecule has 3 rings (SSSR count). The molecule has 0 aliphatic carbocycles. The van der Waals surface area contributed by atoms with Crippen molar-refractivity contribution >= 4 is 44.0 Å². The lowest BCUT2D eigenvalue weighted by atomic mass is 10.1. The third-order valence-electron chi connectivity index (χ3n) is 5.57. The molecule has 0 spiro atoms. The predicted octanol–water partition coefficient (Wildman–Crippen LogP) is 4.94. The molecule has 0 N–H and O–H groups in total. The number of nitrogens with zero attached hydrogens (tertiary/aromatic N) is 3. The zero-order valence-corrected chi connectivity index (χ0v) is 21.9. The fraction of sp³-hybridized carbons (Fsp3) is 0.364. The number of amides is 1. The summed E-state index contributed by atoms with van der Waals surface area (Å²) in [7, 11) is -3.54. The molecule has 0 saturated carbocycles. The zero-order chi connectivity index (χ0) is 27.0. The molecule has 1 aromatic carbocycles. The number of carbonyl (C=O) groups excluding carboxylic acids is 1. The molecule has 2 aromatic heterocycles. The first kappa shape index (κ1) is 28.2. The number of imidazole rings is 1. The van der Waals surface area contributed by atoms with E-state index in [1.807, 2.05) is 0 Å². The Morgan fingerprint density at radius 2 is 1.83 bits per heavy atom. The average molecular weight is 647 g/mol. The van der Waals surface area contributed by atoms with Crippen molar-refractivity contribution in [2.24, 2.45) is 0 Å². The van der Waals surface area contributed by atoms with Gasteiger partial charge < -0.3 is 4.90 Å². The summed E-state index contributed by atoms with van der Waals surface area (Å²) in [5.41, 5.74) is -1.75. The summed E-state index contributed by atoms with van der Waals surface area (Å²) >= 11 is 1.78. The summed E-state index contributed by atoms with van der Waals surface area (Å²) < 4.78 is 107. The summed E-state index contributed by atoms with van der Waals surface area (Å²) in [6.45, 7) is 2.58. The minimum absolute atomic E-state index is 0.137. The standard InChI is InChI=1S/C22H20F6IN3O3S/c1-3-36(34,35)7-6-31(18(33)9-13-4-5-16(24)15(8-13)22(26,27)28)12(2)19-20(29)32-11-14(23)10-17(25)21(32)30-19/h4-5,8,10-12H,3,6-7,9H2,1-2H3/t12-/m1/s1. The number of benzene rings is 1. The largest absolute Gasteiger partial charge is 0.419 e. The molecule has 0 aliphatic heterocycles. The minimum Gasteiger partial charge on any atom is -0.333 e. The van der Waals surface area contributed by atoms with Gasteiger partial charge in [-0.1, -0.05) is 13.0 Å². The van der Waals surface area contributed by atoms with Crippen molar-refractivity contribution < 1.29 is 39.6 Å². The van der Waals surface area contributed by atoms with Crippen LogP contribution in [0.25, 0.3) is 5.65 Å². The highest BCUT2D eigenvalue weighted by Crippen LogP contribution is 2.32. The molecule has 0 unspecified atom stereocenters. The summed E-state index contributed by atoms with van der Waals surface area (Å²) in [4.78, 5) is 18.5. The van der Waals surface area contributed by atoms with Crippen LogP contribution in [-0.2, 0) is 27.2 Å². The number of halogens is 7. The van der Waals surface area contributed by atoms with Crippen molar-refractivity contribution in [1.82, 2.24) is 14.3 Å². The minimum atomic E-state index is -4.97. The highest BCUT2D eigenvalue weighted by Gasteiger charge is 2.35. The number of hydrogen-bond acceptors (Lipinski definition) is 4. The van der Waals surface area contributed by atoms with Gasteiger partial charge in [-0.2, -0.15) is 13.2 Å². The molecular formula is C22H20F6IN3O3S. The smallest absolute Gasteiger partial charge is 0.333 e. The molecule has 3 aromatic rings. The fourth-order valence-electron chi connectivity index (χ4n) is 3.57. The van der Waals surface area contributed by atoms with Crippen LogP contribution in [0.1, 0.15) is 36.7 Å². The van der Waals surface area contributed by atoms with Gasteiger partial charge in [0.1, 0.15) is 15.3 Å². The van der Waals surface area contributed by atoms with Gasteiger partial charge in [0, 0.05) is 24.6 Å². The summed E-state index contributed by atoms with van der Waals surface area (Å²) in [5.74, 6) is -4.72. The Bertz CT molecular complexity index is 1410. The Labute approximate surface area is 216 Å². The number of carbonyl (C=O) groups is 1. The average Bonchev–Trinajstić information content (AvgIpc) is 3.11. The Morgan fingerprint density at radius 1 is 1.17 bits per heavy atom. The van der Waals surface area contributed by atoms with Gasteiger partial charge in [-0.3, -0.25) is 9.20 Å². The van der Waals surface area contributed by atoms with Gasteiger partial charge in [-0.25, -0.2) is 26.6 Å². The number of hydrogen-bond donors (Lipinski definition) is 0. The Morgan fingerprint density at radius 3 is 2.44 bits per heavy atom. The maximum Gasteiger partial charge on any atom is 0.419 e. The van der Waals surface area contributed by atoms with Crippen molar-refractivity contribution in [3.63, 3.8) is 0 Å². The molecule has 196 valence electrons. The molecule has 0 aliphatic rings. The van der Waals surface area contributed by atoms with Crippen molar-refractivity contribution in [1.29, 1.82) is 0 Å². The Hall–Kier alpha value is -2.36. The van der Waals surface area contributed by atoms with Crippen LogP contribution in [0, 0.1) is 21.2 Å². The number of alkyl halides is 3. The van der Waals surface area contributed by atoms with E-state index in [1.54, 1.807) is 22.6 Å².